The maximum absolute atomic E-state index is 11.6. The highest BCUT2D eigenvalue weighted by Crippen LogP contribution is 2.21. The largest absolute Gasteiger partial charge is 0.465 e. The SMILES string of the molecule is CCCCOC(=O)C1CCCCCC1=O. The predicted octanol–water partition coefficient (Wildman–Crippen LogP) is 2.48. The van der Waals surface area contributed by atoms with Gasteiger partial charge in [0.15, 0.2) is 0 Å². The zero-order valence-electron chi connectivity index (χ0n) is 9.46. The number of carbonyl (C=O) groups is 2. The molecule has 0 heterocycles. The summed E-state index contributed by atoms with van der Waals surface area (Å²) in [6.07, 6.45) is 6.08. The molecule has 3 heteroatoms. The molecule has 1 atom stereocenters. The van der Waals surface area contributed by atoms with Gasteiger partial charge >= 0.3 is 5.97 Å². The number of Topliss-reactive ketones (excluding diaryl/α,β-unsaturated/α-hetero) is 1. The molecule has 1 saturated carbocycles. The second-order valence-electron chi connectivity index (χ2n) is 4.14. The Hall–Kier alpha value is -0.860. The molecular formula is C12H20O3. The zero-order valence-corrected chi connectivity index (χ0v) is 9.46. The summed E-state index contributed by atoms with van der Waals surface area (Å²) in [5.41, 5.74) is 0. The van der Waals surface area contributed by atoms with E-state index in [0.717, 1.165) is 32.1 Å². The Morgan fingerprint density at radius 3 is 2.93 bits per heavy atom. The van der Waals surface area contributed by atoms with Gasteiger partial charge in [0.2, 0.25) is 0 Å². The van der Waals surface area contributed by atoms with Crippen LogP contribution in [-0.4, -0.2) is 18.4 Å². The van der Waals surface area contributed by atoms with Gasteiger partial charge in [-0.05, 0) is 19.3 Å². The van der Waals surface area contributed by atoms with Crippen molar-refractivity contribution in [3.8, 4) is 0 Å². The van der Waals surface area contributed by atoms with E-state index in [-0.39, 0.29) is 11.8 Å². The Morgan fingerprint density at radius 1 is 1.40 bits per heavy atom. The fourth-order valence-corrected chi connectivity index (χ4v) is 1.83. The fourth-order valence-electron chi connectivity index (χ4n) is 1.83. The van der Waals surface area contributed by atoms with Crippen molar-refractivity contribution in [2.45, 2.75) is 51.9 Å². The molecule has 0 amide bonds. The summed E-state index contributed by atoms with van der Waals surface area (Å²) in [4.78, 5) is 23.2. The molecule has 15 heavy (non-hydrogen) atoms. The number of ketones is 1. The highest BCUT2D eigenvalue weighted by atomic mass is 16.5. The van der Waals surface area contributed by atoms with Crippen LogP contribution in [0, 0.1) is 5.92 Å². The molecule has 1 aliphatic carbocycles. The van der Waals surface area contributed by atoms with Crippen LogP contribution in [0.3, 0.4) is 0 Å². The van der Waals surface area contributed by atoms with Crippen molar-refractivity contribution in [2.75, 3.05) is 6.61 Å². The van der Waals surface area contributed by atoms with Crippen LogP contribution >= 0.6 is 0 Å². The molecule has 0 aromatic carbocycles. The van der Waals surface area contributed by atoms with Crippen molar-refractivity contribution in [2.24, 2.45) is 5.92 Å². The average Bonchev–Trinajstić information content (AvgIpc) is 2.43. The molecule has 0 N–H and O–H groups in total. The maximum Gasteiger partial charge on any atom is 0.316 e. The predicted molar refractivity (Wildman–Crippen MR) is 57.4 cm³/mol. The van der Waals surface area contributed by atoms with Gasteiger partial charge in [-0.25, -0.2) is 0 Å². The minimum Gasteiger partial charge on any atom is -0.465 e. The second kappa shape index (κ2) is 6.59. The van der Waals surface area contributed by atoms with Crippen LogP contribution < -0.4 is 0 Å². The fraction of sp³-hybridized carbons (Fsp3) is 0.833. The van der Waals surface area contributed by atoms with Gasteiger partial charge < -0.3 is 4.74 Å². The van der Waals surface area contributed by atoms with E-state index in [4.69, 9.17) is 4.74 Å². The first-order valence-electron chi connectivity index (χ1n) is 5.95. The molecule has 0 spiro atoms. The third-order valence-corrected chi connectivity index (χ3v) is 2.83. The van der Waals surface area contributed by atoms with E-state index in [2.05, 4.69) is 0 Å². The number of rotatable bonds is 4. The molecule has 0 aromatic heterocycles. The number of ether oxygens (including phenoxy) is 1. The Labute approximate surface area is 91.2 Å². The summed E-state index contributed by atoms with van der Waals surface area (Å²) in [6.45, 7) is 2.50. The molecule has 0 bridgehead atoms. The number of unbranched alkanes of at least 4 members (excludes halogenated alkanes) is 1. The van der Waals surface area contributed by atoms with Gasteiger partial charge in [-0.3, -0.25) is 9.59 Å². The number of carbonyl (C=O) groups excluding carboxylic acids is 2. The highest BCUT2D eigenvalue weighted by Gasteiger charge is 2.28. The van der Waals surface area contributed by atoms with Crippen molar-refractivity contribution in [3.05, 3.63) is 0 Å². The maximum atomic E-state index is 11.6. The minimum atomic E-state index is -0.468. The first kappa shape index (κ1) is 12.2. The minimum absolute atomic E-state index is 0.0778. The molecule has 0 radical (unpaired) electrons. The summed E-state index contributed by atoms with van der Waals surface area (Å²) >= 11 is 0. The normalized spacial score (nSPS) is 22.2. The molecule has 1 rings (SSSR count). The van der Waals surface area contributed by atoms with E-state index in [0.29, 0.717) is 19.4 Å². The Balaban J connectivity index is 2.38. The van der Waals surface area contributed by atoms with Gasteiger partial charge in [0.25, 0.3) is 0 Å². The molecule has 0 saturated heterocycles. The highest BCUT2D eigenvalue weighted by molar-refractivity contribution is 5.99. The summed E-state index contributed by atoms with van der Waals surface area (Å²) in [7, 11) is 0. The van der Waals surface area contributed by atoms with Crippen molar-refractivity contribution < 1.29 is 14.3 Å². The molecule has 86 valence electrons. The molecule has 1 fully saturated rings. The van der Waals surface area contributed by atoms with Crippen LogP contribution in [0.4, 0.5) is 0 Å². The van der Waals surface area contributed by atoms with Crippen molar-refractivity contribution in [3.63, 3.8) is 0 Å². The monoisotopic (exact) mass is 212 g/mol. The zero-order chi connectivity index (χ0) is 11.1. The van der Waals surface area contributed by atoms with E-state index in [1.165, 1.54) is 0 Å². The van der Waals surface area contributed by atoms with E-state index < -0.39 is 5.92 Å². The third kappa shape index (κ3) is 4.02. The summed E-state index contributed by atoms with van der Waals surface area (Å²) in [5.74, 6) is -0.686. The number of esters is 1. The number of hydrogen-bond acceptors (Lipinski definition) is 3. The summed E-state index contributed by atoms with van der Waals surface area (Å²) in [6, 6.07) is 0. The lowest BCUT2D eigenvalue weighted by Gasteiger charge is -2.11. The van der Waals surface area contributed by atoms with Crippen molar-refractivity contribution >= 4 is 11.8 Å². The Bertz CT molecular complexity index is 223. The molecule has 0 aliphatic heterocycles. The van der Waals surface area contributed by atoms with Crippen LogP contribution in [-0.2, 0) is 14.3 Å². The second-order valence-corrected chi connectivity index (χ2v) is 4.14. The lowest BCUT2D eigenvalue weighted by molar-refractivity contribution is -0.152. The van der Waals surface area contributed by atoms with Crippen LogP contribution in [0.2, 0.25) is 0 Å². The van der Waals surface area contributed by atoms with Crippen LogP contribution in [0.5, 0.6) is 0 Å². The van der Waals surface area contributed by atoms with Crippen LogP contribution in [0.25, 0.3) is 0 Å². The van der Waals surface area contributed by atoms with E-state index >= 15 is 0 Å². The summed E-state index contributed by atoms with van der Waals surface area (Å²) < 4.78 is 5.09. The van der Waals surface area contributed by atoms with E-state index in [1.807, 2.05) is 6.92 Å². The average molecular weight is 212 g/mol. The standard InChI is InChI=1S/C12H20O3/c1-2-3-9-15-12(14)10-7-5-4-6-8-11(10)13/h10H,2-9H2,1H3. The quantitative estimate of drug-likeness (QED) is 0.311. The van der Waals surface area contributed by atoms with Crippen molar-refractivity contribution in [1.82, 2.24) is 0 Å². The third-order valence-electron chi connectivity index (χ3n) is 2.83. The van der Waals surface area contributed by atoms with Crippen molar-refractivity contribution in [1.29, 1.82) is 0 Å². The van der Waals surface area contributed by atoms with Gasteiger partial charge in [-0.2, -0.15) is 0 Å². The van der Waals surface area contributed by atoms with Gasteiger partial charge in [0.05, 0.1) is 6.61 Å². The molecule has 1 aliphatic rings. The lowest BCUT2D eigenvalue weighted by atomic mass is 9.99. The molecule has 1 unspecified atom stereocenters. The van der Waals surface area contributed by atoms with Gasteiger partial charge in [0, 0.05) is 6.42 Å². The van der Waals surface area contributed by atoms with E-state index in [9.17, 15) is 9.59 Å². The lowest BCUT2D eigenvalue weighted by Crippen LogP contribution is -2.25. The van der Waals surface area contributed by atoms with Crippen LogP contribution in [0.1, 0.15) is 51.9 Å². The van der Waals surface area contributed by atoms with E-state index in [1.54, 1.807) is 0 Å². The van der Waals surface area contributed by atoms with Gasteiger partial charge in [0.1, 0.15) is 11.7 Å². The number of hydrogen-bond donors (Lipinski definition) is 0. The Kier molecular flexibility index (Phi) is 5.37. The summed E-state index contributed by atoms with van der Waals surface area (Å²) in [5, 5.41) is 0. The van der Waals surface area contributed by atoms with Gasteiger partial charge in [-0.15, -0.1) is 0 Å². The van der Waals surface area contributed by atoms with Gasteiger partial charge in [-0.1, -0.05) is 26.2 Å². The first-order chi connectivity index (χ1) is 7.25. The molecule has 3 nitrogen and oxygen atoms in total. The van der Waals surface area contributed by atoms with Crippen LogP contribution in [0.15, 0.2) is 0 Å². The smallest absolute Gasteiger partial charge is 0.316 e. The molecular weight excluding hydrogens is 192 g/mol. The topological polar surface area (TPSA) is 43.4 Å². The molecule has 0 aromatic rings. The first-order valence-corrected chi connectivity index (χ1v) is 5.95. The Morgan fingerprint density at radius 2 is 2.20 bits per heavy atom.